The van der Waals surface area contributed by atoms with Crippen LogP contribution in [-0.4, -0.2) is 24.4 Å². The highest BCUT2D eigenvalue weighted by Crippen LogP contribution is 2.41. The summed E-state index contributed by atoms with van der Waals surface area (Å²) in [5, 5.41) is 5.74. The summed E-state index contributed by atoms with van der Waals surface area (Å²) < 4.78 is 5.03. The summed E-state index contributed by atoms with van der Waals surface area (Å²) >= 11 is 0. The third kappa shape index (κ3) is 4.65. The van der Waals surface area contributed by atoms with Crippen molar-refractivity contribution in [3.05, 3.63) is 58.7 Å². The zero-order valence-corrected chi connectivity index (χ0v) is 17.2. The number of aryl methyl sites for hydroxylation is 3. The van der Waals surface area contributed by atoms with Crippen LogP contribution in [0.25, 0.3) is 0 Å². The number of ether oxygens (including phenoxy) is 1. The fourth-order valence-electron chi connectivity index (χ4n) is 3.57. The Morgan fingerprint density at radius 1 is 0.966 bits per heavy atom. The summed E-state index contributed by atoms with van der Waals surface area (Å²) in [5.74, 6) is -1.68. The SMILES string of the molecule is CCOC(=O)c1ccccc1NC(=O)C1CC1C(=O)Nc1c(C)cc(C)cc1C. The third-order valence-electron chi connectivity index (χ3n) is 5.07. The number of para-hydroxylation sites is 1. The smallest absolute Gasteiger partial charge is 0.340 e. The highest BCUT2D eigenvalue weighted by molar-refractivity contribution is 6.06. The molecule has 6 nitrogen and oxygen atoms in total. The quantitative estimate of drug-likeness (QED) is 0.725. The summed E-state index contributed by atoms with van der Waals surface area (Å²) in [6.07, 6.45) is 0.489. The Balaban J connectivity index is 1.64. The second-order valence-corrected chi connectivity index (χ2v) is 7.47. The first-order valence-corrected chi connectivity index (χ1v) is 9.77. The van der Waals surface area contributed by atoms with E-state index in [0.717, 1.165) is 22.4 Å². The maximum Gasteiger partial charge on any atom is 0.340 e. The first kappa shape index (κ1) is 20.6. The van der Waals surface area contributed by atoms with Crippen molar-refractivity contribution in [1.82, 2.24) is 0 Å². The molecule has 0 heterocycles. The van der Waals surface area contributed by atoms with Gasteiger partial charge in [-0.2, -0.15) is 0 Å². The molecule has 152 valence electrons. The summed E-state index contributed by atoms with van der Waals surface area (Å²) in [6, 6.07) is 10.7. The molecule has 1 fully saturated rings. The van der Waals surface area contributed by atoms with Crippen LogP contribution in [0.15, 0.2) is 36.4 Å². The van der Waals surface area contributed by atoms with E-state index in [1.165, 1.54) is 0 Å². The number of carbonyl (C=O) groups excluding carboxylic acids is 3. The Labute approximate surface area is 170 Å². The maximum atomic E-state index is 12.6. The van der Waals surface area contributed by atoms with Gasteiger partial charge in [0.25, 0.3) is 0 Å². The van der Waals surface area contributed by atoms with Gasteiger partial charge < -0.3 is 15.4 Å². The first-order chi connectivity index (χ1) is 13.8. The topological polar surface area (TPSA) is 84.5 Å². The van der Waals surface area contributed by atoms with Gasteiger partial charge in [0.15, 0.2) is 0 Å². The van der Waals surface area contributed by atoms with E-state index in [1.807, 2.05) is 32.9 Å². The average Bonchev–Trinajstić information content (AvgIpc) is 3.46. The Kier molecular flexibility index (Phi) is 6.01. The Bertz CT molecular complexity index is 944. The van der Waals surface area contributed by atoms with Gasteiger partial charge in [-0.25, -0.2) is 4.79 Å². The Hall–Kier alpha value is -3.15. The van der Waals surface area contributed by atoms with Gasteiger partial charge in [0.1, 0.15) is 0 Å². The van der Waals surface area contributed by atoms with Crippen LogP contribution in [0.5, 0.6) is 0 Å². The largest absolute Gasteiger partial charge is 0.462 e. The number of hydrogen-bond donors (Lipinski definition) is 2. The molecule has 2 aromatic carbocycles. The molecule has 2 amide bonds. The van der Waals surface area contributed by atoms with Crippen molar-refractivity contribution in [2.75, 3.05) is 17.2 Å². The van der Waals surface area contributed by atoms with Gasteiger partial charge in [-0.15, -0.1) is 0 Å². The van der Waals surface area contributed by atoms with Gasteiger partial charge in [-0.3, -0.25) is 9.59 Å². The van der Waals surface area contributed by atoms with E-state index >= 15 is 0 Å². The van der Waals surface area contributed by atoms with Gasteiger partial charge in [-0.1, -0.05) is 29.8 Å². The number of benzene rings is 2. The van der Waals surface area contributed by atoms with E-state index in [4.69, 9.17) is 4.74 Å². The normalized spacial score (nSPS) is 17.4. The fraction of sp³-hybridized carbons (Fsp3) is 0.348. The molecule has 0 bridgehead atoms. The fourth-order valence-corrected chi connectivity index (χ4v) is 3.57. The number of nitrogens with one attached hydrogen (secondary N) is 2. The van der Waals surface area contributed by atoms with Gasteiger partial charge in [-0.05, 0) is 57.4 Å². The van der Waals surface area contributed by atoms with Crippen LogP contribution in [0.1, 0.15) is 40.4 Å². The van der Waals surface area contributed by atoms with Gasteiger partial charge in [0.2, 0.25) is 11.8 Å². The zero-order chi connectivity index (χ0) is 21.1. The van der Waals surface area contributed by atoms with Crippen LogP contribution in [0.4, 0.5) is 11.4 Å². The molecule has 1 aliphatic carbocycles. The molecule has 2 N–H and O–H groups in total. The van der Waals surface area contributed by atoms with Crippen molar-refractivity contribution < 1.29 is 19.1 Å². The predicted molar refractivity (Wildman–Crippen MR) is 112 cm³/mol. The lowest BCUT2D eigenvalue weighted by Gasteiger charge is -2.13. The summed E-state index contributed by atoms with van der Waals surface area (Å²) in [6.45, 7) is 7.91. The summed E-state index contributed by atoms with van der Waals surface area (Å²) in [5.41, 5.74) is 4.64. The number of carbonyl (C=O) groups is 3. The Morgan fingerprint density at radius 3 is 2.17 bits per heavy atom. The number of amides is 2. The highest BCUT2D eigenvalue weighted by atomic mass is 16.5. The molecule has 0 aromatic heterocycles. The first-order valence-electron chi connectivity index (χ1n) is 9.77. The molecule has 29 heavy (non-hydrogen) atoms. The monoisotopic (exact) mass is 394 g/mol. The van der Waals surface area contributed by atoms with E-state index in [2.05, 4.69) is 10.6 Å². The number of hydrogen-bond acceptors (Lipinski definition) is 4. The molecular weight excluding hydrogens is 368 g/mol. The van der Waals surface area contributed by atoms with Crippen molar-refractivity contribution in [2.24, 2.45) is 11.8 Å². The maximum absolute atomic E-state index is 12.6. The van der Waals surface area contributed by atoms with E-state index in [-0.39, 0.29) is 24.3 Å². The molecular formula is C23H26N2O4. The number of anilines is 2. The van der Waals surface area contributed by atoms with Crippen LogP contribution in [0.2, 0.25) is 0 Å². The molecule has 2 aromatic rings. The number of rotatable bonds is 6. The second kappa shape index (κ2) is 8.47. The molecule has 0 radical (unpaired) electrons. The van der Waals surface area contributed by atoms with Crippen molar-refractivity contribution in [3.8, 4) is 0 Å². The van der Waals surface area contributed by atoms with Crippen LogP contribution >= 0.6 is 0 Å². The van der Waals surface area contributed by atoms with Crippen molar-refractivity contribution in [3.63, 3.8) is 0 Å². The molecule has 0 saturated heterocycles. The van der Waals surface area contributed by atoms with Gasteiger partial charge in [0, 0.05) is 5.69 Å². The van der Waals surface area contributed by atoms with E-state index in [1.54, 1.807) is 31.2 Å². The minimum absolute atomic E-state index is 0.154. The lowest BCUT2D eigenvalue weighted by atomic mass is 10.0. The van der Waals surface area contributed by atoms with Crippen LogP contribution in [-0.2, 0) is 14.3 Å². The minimum atomic E-state index is -0.487. The van der Waals surface area contributed by atoms with Gasteiger partial charge >= 0.3 is 5.97 Å². The minimum Gasteiger partial charge on any atom is -0.462 e. The lowest BCUT2D eigenvalue weighted by molar-refractivity contribution is -0.122. The van der Waals surface area contributed by atoms with Crippen LogP contribution in [0, 0.1) is 32.6 Å². The molecule has 3 rings (SSSR count). The molecule has 1 saturated carbocycles. The molecule has 2 atom stereocenters. The van der Waals surface area contributed by atoms with Crippen LogP contribution < -0.4 is 10.6 Å². The zero-order valence-electron chi connectivity index (χ0n) is 17.2. The molecule has 0 aliphatic heterocycles. The van der Waals surface area contributed by atoms with Crippen molar-refractivity contribution >= 4 is 29.2 Å². The number of esters is 1. The van der Waals surface area contributed by atoms with Gasteiger partial charge in [0.05, 0.1) is 29.7 Å². The van der Waals surface area contributed by atoms with Crippen molar-refractivity contribution in [1.29, 1.82) is 0 Å². The van der Waals surface area contributed by atoms with E-state index < -0.39 is 11.9 Å². The molecule has 6 heteroatoms. The van der Waals surface area contributed by atoms with E-state index in [0.29, 0.717) is 17.7 Å². The predicted octanol–water partition coefficient (Wildman–Crippen LogP) is 4.00. The third-order valence-corrected chi connectivity index (χ3v) is 5.07. The second-order valence-electron chi connectivity index (χ2n) is 7.47. The summed E-state index contributed by atoms with van der Waals surface area (Å²) in [4.78, 5) is 37.3. The summed E-state index contributed by atoms with van der Waals surface area (Å²) in [7, 11) is 0. The lowest BCUT2D eigenvalue weighted by Crippen LogP contribution is -2.22. The standard InChI is InChI=1S/C23H26N2O4/c1-5-29-23(28)16-8-6-7-9-19(16)24-21(26)17-12-18(17)22(27)25-20-14(3)10-13(2)11-15(20)4/h6-11,17-18H,5,12H2,1-4H3,(H,24,26)(H,25,27). The molecule has 1 aliphatic rings. The van der Waals surface area contributed by atoms with E-state index in [9.17, 15) is 14.4 Å². The molecule has 0 spiro atoms. The van der Waals surface area contributed by atoms with Crippen LogP contribution in [0.3, 0.4) is 0 Å². The molecule has 2 unspecified atom stereocenters. The average molecular weight is 394 g/mol. The van der Waals surface area contributed by atoms with Crippen molar-refractivity contribution in [2.45, 2.75) is 34.1 Å². The highest BCUT2D eigenvalue weighted by Gasteiger charge is 2.48. The Morgan fingerprint density at radius 2 is 1.55 bits per heavy atom.